The maximum atomic E-state index is 12.2. The number of hydrogen-bond donors (Lipinski definition) is 3. The van der Waals surface area contributed by atoms with Crippen LogP contribution in [0.25, 0.3) is 0 Å². The number of anilines is 1. The number of β-amino-alcohol motifs (C(OH)–C–C–N with tert-alkyl or cyclic N) is 1. The lowest BCUT2D eigenvalue weighted by molar-refractivity contribution is -0.000647. The average Bonchev–Trinajstić information content (AvgIpc) is 2.39. The highest BCUT2D eigenvalue weighted by molar-refractivity contribution is 6.00. The summed E-state index contributed by atoms with van der Waals surface area (Å²) in [4.78, 5) is 25.0. The van der Waals surface area contributed by atoms with Gasteiger partial charge in [-0.1, -0.05) is 11.6 Å². The number of carbonyl (C=O) groups excluding carboxylic acids is 1. The van der Waals surface area contributed by atoms with Crippen LogP contribution in [0.2, 0.25) is 0 Å². The Morgan fingerprint density at radius 1 is 1.38 bits per heavy atom. The van der Waals surface area contributed by atoms with Gasteiger partial charge in [-0.15, -0.1) is 0 Å². The number of nitrogens with zero attached hydrogens (tertiary/aromatic N) is 1. The molecule has 1 saturated heterocycles. The number of piperidine rings is 1. The monoisotopic (exact) mass is 292 g/mol. The lowest BCUT2D eigenvalue weighted by atomic mass is 9.95. The fourth-order valence-corrected chi connectivity index (χ4v) is 2.53. The van der Waals surface area contributed by atoms with Gasteiger partial charge in [-0.05, 0) is 38.8 Å². The second kappa shape index (κ2) is 5.73. The fourth-order valence-electron chi connectivity index (χ4n) is 2.53. The average molecular weight is 292 g/mol. The predicted octanol–water partition coefficient (Wildman–Crippen LogP) is 2.07. The van der Waals surface area contributed by atoms with Crippen molar-refractivity contribution in [3.8, 4) is 0 Å². The topological polar surface area (TPSA) is 89.9 Å². The number of benzene rings is 1. The zero-order chi connectivity index (χ0) is 15.6. The number of carboxylic acid groups (broad SMARTS) is 1. The van der Waals surface area contributed by atoms with E-state index >= 15 is 0 Å². The molecule has 1 aromatic carbocycles. The van der Waals surface area contributed by atoms with Crippen LogP contribution in [0.15, 0.2) is 18.2 Å². The standard InChI is InChI=1S/C15H20N2O4/c1-10-4-5-12(11(8-10)13(18)19)16-14(20)17-7-3-6-15(2,21)9-17/h4-5,8,21H,3,6-7,9H2,1-2H3,(H,16,20)(H,18,19). The number of hydrogen-bond acceptors (Lipinski definition) is 3. The number of nitrogens with one attached hydrogen (secondary N) is 1. The number of likely N-dealkylation sites (tertiary alicyclic amines) is 1. The molecule has 1 heterocycles. The van der Waals surface area contributed by atoms with E-state index in [4.69, 9.17) is 0 Å². The van der Waals surface area contributed by atoms with E-state index in [0.717, 1.165) is 12.0 Å². The predicted molar refractivity (Wildman–Crippen MR) is 78.6 cm³/mol. The van der Waals surface area contributed by atoms with Crippen molar-refractivity contribution in [1.82, 2.24) is 4.90 Å². The summed E-state index contributed by atoms with van der Waals surface area (Å²) in [6.07, 6.45) is 1.38. The summed E-state index contributed by atoms with van der Waals surface area (Å²) in [6, 6.07) is 4.46. The molecule has 2 rings (SSSR count). The van der Waals surface area contributed by atoms with E-state index in [0.29, 0.717) is 13.0 Å². The molecule has 0 bridgehead atoms. The molecule has 1 aliphatic rings. The summed E-state index contributed by atoms with van der Waals surface area (Å²) < 4.78 is 0. The molecule has 6 nitrogen and oxygen atoms in total. The molecule has 114 valence electrons. The molecule has 0 radical (unpaired) electrons. The van der Waals surface area contributed by atoms with Crippen molar-refractivity contribution in [3.05, 3.63) is 29.3 Å². The molecule has 6 heteroatoms. The van der Waals surface area contributed by atoms with E-state index in [1.54, 1.807) is 26.0 Å². The Morgan fingerprint density at radius 3 is 2.71 bits per heavy atom. The van der Waals surface area contributed by atoms with Gasteiger partial charge in [-0.3, -0.25) is 0 Å². The summed E-state index contributed by atoms with van der Waals surface area (Å²) in [5, 5.41) is 21.8. The van der Waals surface area contributed by atoms with E-state index in [2.05, 4.69) is 5.32 Å². The molecule has 1 aromatic rings. The van der Waals surface area contributed by atoms with Crippen molar-refractivity contribution < 1.29 is 19.8 Å². The second-order valence-corrected chi connectivity index (χ2v) is 5.81. The highest BCUT2D eigenvalue weighted by Crippen LogP contribution is 2.22. The van der Waals surface area contributed by atoms with E-state index < -0.39 is 11.6 Å². The number of carboxylic acids is 1. The van der Waals surface area contributed by atoms with Crippen LogP contribution in [0.3, 0.4) is 0 Å². The molecule has 2 amide bonds. The van der Waals surface area contributed by atoms with Crippen LogP contribution in [-0.2, 0) is 0 Å². The van der Waals surface area contributed by atoms with Crippen LogP contribution in [0.1, 0.15) is 35.7 Å². The van der Waals surface area contributed by atoms with Crippen molar-refractivity contribution in [2.24, 2.45) is 0 Å². The molecule has 21 heavy (non-hydrogen) atoms. The number of carbonyl (C=O) groups is 2. The van der Waals surface area contributed by atoms with Gasteiger partial charge in [-0.25, -0.2) is 9.59 Å². The Bertz CT molecular complexity index is 569. The van der Waals surface area contributed by atoms with Gasteiger partial charge in [0.05, 0.1) is 23.4 Å². The Hall–Kier alpha value is -2.08. The minimum absolute atomic E-state index is 0.0621. The number of urea groups is 1. The van der Waals surface area contributed by atoms with Gasteiger partial charge >= 0.3 is 12.0 Å². The first-order chi connectivity index (χ1) is 9.78. The molecule has 1 aliphatic heterocycles. The zero-order valence-corrected chi connectivity index (χ0v) is 12.2. The van der Waals surface area contributed by atoms with E-state index in [9.17, 15) is 19.8 Å². The molecule has 0 aromatic heterocycles. The Morgan fingerprint density at radius 2 is 2.10 bits per heavy atom. The van der Waals surface area contributed by atoms with Crippen molar-refractivity contribution >= 4 is 17.7 Å². The second-order valence-electron chi connectivity index (χ2n) is 5.81. The van der Waals surface area contributed by atoms with Crippen LogP contribution in [0.5, 0.6) is 0 Å². The van der Waals surface area contributed by atoms with E-state index in [-0.39, 0.29) is 23.8 Å². The molecule has 0 spiro atoms. The van der Waals surface area contributed by atoms with Crippen LogP contribution in [-0.4, -0.2) is 45.8 Å². The highest BCUT2D eigenvalue weighted by Gasteiger charge is 2.31. The largest absolute Gasteiger partial charge is 0.478 e. The Labute approximate surface area is 123 Å². The third kappa shape index (κ3) is 3.72. The molecular weight excluding hydrogens is 272 g/mol. The summed E-state index contributed by atoms with van der Waals surface area (Å²) >= 11 is 0. The number of aliphatic hydroxyl groups is 1. The number of aromatic carboxylic acids is 1. The third-order valence-electron chi connectivity index (χ3n) is 3.61. The fraction of sp³-hybridized carbons (Fsp3) is 0.467. The van der Waals surface area contributed by atoms with Gasteiger partial charge in [0.1, 0.15) is 0 Å². The highest BCUT2D eigenvalue weighted by atomic mass is 16.4. The maximum Gasteiger partial charge on any atom is 0.337 e. The lowest BCUT2D eigenvalue weighted by Crippen LogP contribution is -2.50. The van der Waals surface area contributed by atoms with Gasteiger partial charge in [0, 0.05) is 6.54 Å². The van der Waals surface area contributed by atoms with Gasteiger partial charge < -0.3 is 20.4 Å². The quantitative estimate of drug-likeness (QED) is 0.778. The third-order valence-corrected chi connectivity index (χ3v) is 3.61. The minimum Gasteiger partial charge on any atom is -0.478 e. The normalized spacial score (nSPS) is 22.0. The van der Waals surface area contributed by atoms with Crippen molar-refractivity contribution in [2.45, 2.75) is 32.3 Å². The van der Waals surface area contributed by atoms with Crippen molar-refractivity contribution in [3.63, 3.8) is 0 Å². The minimum atomic E-state index is -1.08. The lowest BCUT2D eigenvalue weighted by Gasteiger charge is -2.36. The Kier molecular flexibility index (Phi) is 4.18. The van der Waals surface area contributed by atoms with Crippen LogP contribution >= 0.6 is 0 Å². The molecule has 1 fully saturated rings. The number of aryl methyl sites for hydroxylation is 1. The first-order valence-corrected chi connectivity index (χ1v) is 6.91. The molecular formula is C15H20N2O4. The molecule has 1 unspecified atom stereocenters. The Balaban J connectivity index is 2.14. The van der Waals surface area contributed by atoms with E-state index in [1.165, 1.54) is 11.0 Å². The van der Waals surface area contributed by atoms with Gasteiger partial charge in [-0.2, -0.15) is 0 Å². The summed E-state index contributed by atoms with van der Waals surface area (Å²) in [6.45, 7) is 4.28. The van der Waals surface area contributed by atoms with Gasteiger partial charge in [0.2, 0.25) is 0 Å². The van der Waals surface area contributed by atoms with Crippen LogP contribution in [0.4, 0.5) is 10.5 Å². The summed E-state index contributed by atoms with van der Waals surface area (Å²) in [5.74, 6) is -1.08. The van der Waals surface area contributed by atoms with Crippen molar-refractivity contribution in [2.75, 3.05) is 18.4 Å². The van der Waals surface area contributed by atoms with E-state index in [1.807, 2.05) is 0 Å². The van der Waals surface area contributed by atoms with Crippen molar-refractivity contribution in [1.29, 1.82) is 0 Å². The molecule has 1 atom stereocenters. The molecule has 0 aliphatic carbocycles. The first kappa shape index (κ1) is 15.3. The van der Waals surface area contributed by atoms with Gasteiger partial charge in [0.15, 0.2) is 0 Å². The van der Waals surface area contributed by atoms with Crippen LogP contribution in [0, 0.1) is 6.92 Å². The van der Waals surface area contributed by atoms with Crippen LogP contribution < -0.4 is 5.32 Å². The molecule has 3 N–H and O–H groups in total. The zero-order valence-electron chi connectivity index (χ0n) is 12.2. The number of amides is 2. The summed E-state index contributed by atoms with van der Waals surface area (Å²) in [5.41, 5.74) is 0.250. The maximum absolute atomic E-state index is 12.2. The smallest absolute Gasteiger partial charge is 0.337 e. The first-order valence-electron chi connectivity index (χ1n) is 6.91. The summed E-state index contributed by atoms with van der Waals surface area (Å²) in [7, 11) is 0. The SMILES string of the molecule is Cc1ccc(NC(=O)N2CCCC(C)(O)C2)c(C(=O)O)c1. The van der Waals surface area contributed by atoms with Gasteiger partial charge in [0.25, 0.3) is 0 Å². The number of rotatable bonds is 2. The molecule has 0 saturated carbocycles.